The molecule has 0 bridgehead atoms. The number of ether oxygens (including phenoxy) is 1. The van der Waals surface area contributed by atoms with Crippen molar-refractivity contribution in [2.75, 3.05) is 6.54 Å². The Morgan fingerprint density at radius 1 is 1.23 bits per heavy atom. The maximum Gasteiger partial charge on any atom is 0.416 e. The highest BCUT2D eigenvalue weighted by Gasteiger charge is 2.30. The molecule has 1 amide bonds. The van der Waals surface area contributed by atoms with Crippen LogP contribution >= 0.6 is 12.4 Å². The van der Waals surface area contributed by atoms with E-state index in [-0.39, 0.29) is 19.0 Å². The molecule has 126 valence electrons. The summed E-state index contributed by atoms with van der Waals surface area (Å²) in [6, 6.07) is 3.90. The molecule has 0 fully saturated rings. The lowest BCUT2D eigenvalue weighted by molar-refractivity contribution is -0.137. The van der Waals surface area contributed by atoms with Crippen molar-refractivity contribution < 1.29 is 22.7 Å². The summed E-state index contributed by atoms with van der Waals surface area (Å²) in [4.78, 5) is 11.4. The highest BCUT2D eigenvalue weighted by molar-refractivity contribution is 5.85. The molecular weight excluding hydrogens is 321 g/mol. The Labute approximate surface area is 133 Å². The summed E-state index contributed by atoms with van der Waals surface area (Å²) in [5.74, 6) is 0. The number of nitrogens with two attached hydrogens (primary N) is 1. The molecule has 3 N–H and O–H groups in total. The zero-order chi connectivity index (χ0) is 16.3. The van der Waals surface area contributed by atoms with Crippen LogP contribution in [-0.2, 0) is 10.9 Å². The molecule has 0 aliphatic carbocycles. The monoisotopic (exact) mass is 340 g/mol. The van der Waals surface area contributed by atoms with Gasteiger partial charge in [-0.05, 0) is 38.5 Å². The van der Waals surface area contributed by atoms with Crippen LogP contribution in [0.2, 0.25) is 0 Å². The zero-order valence-corrected chi connectivity index (χ0v) is 13.3. The minimum Gasteiger partial charge on any atom is -0.444 e. The van der Waals surface area contributed by atoms with E-state index in [1.54, 1.807) is 20.8 Å². The Kier molecular flexibility index (Phi) is 7.18. The Balaban J connectivity index is 0.00000441. The first-order valence-corrected chi connectivity index (χ1v) is 6.38. The van der Waals surface area contributed by atoms with Gasteiger partial charge in [-0.2, -0.15) is 13.2 Å². The SMILES string of the molecule is CC(C)(C)OC(=O)NCC(N)c1ccc(C(F)(F)F)cc1.Cl. The molecule has 0 spiro atoms. The van der Waals surface area contributed by atoms with Gasteiger partial charge in [0.05, 0.1) is 5.56 Å². The van der Waals surface area contributed by atoms with Crippen LogP contribution in [0.3, 0.4) is 0 Å². The van der Waals surface area contributed by atoms with Crippen LogP contribution in [0.5, 0.6) is 0 Å². The second-order valence-corrected chi connectivity index (χ2v) is 5.61. The third kappa shape index (κ3) is 7.00. The van der Waals surface area contributed by atoms with Crippen molar-refractivity contribution in [1.29, 1.82) is 0 Å². The van der Waals surface area contributed by atoms with E-state index in [1.165, 1.54) is 12.1 Å². The Bertz CT molecular complexity index is 484. The number of halogens is 4. The first-order chi connectivity index (χ1) is 9.49. The highest BCUT2D eigenvalue weighted by Crippen LogP contribution is 2.29. The van der Waals surface area contributed by atoms with Gasteiger partial charge in [0.25, 0.3) is 0 Å². The lowest BCUT2D eigenvalue weighted by atomic mass is 10.1. The maximum atomic E-state index is 12.4. The first kappa shape index (κ1) is 20.5. The zero-order valence-electron chi connectivity index (χ0n) is 12.5. The van der Waals surface area contributed by atoms with E-state index in [0.717, 1.165) is 12.1 Å². The van der Waals surface area contributed by atoms with E-state index in [1.807, 2.05) is 0 Å². The number of carbonyl (C=O) groups excluding carboxylic acids is 1. The van der Waals surface area contributed by atoms with Crippen LogP contribution in [0.4, 0.5) is 18.0 Å². The van der Waals surface area contributed by atoms with E-state index < -0.39 is 29.5 Å². The summed E-state index contributed by atoms with van der Waals surface area (Å²) >= 11 is 0. The normalized spacial score (nSPS) is 13.0. The molecule has 0 radical (unpaired) electrons. The van der Waals surface area contributed by atoms with Gasteiger partial charge in [0, 0.05) is 12.6 Å². The average molecular weight is 341 g/mol. The molecule has 1 atom stereocenters. The maximum absolute atomic E-state index is 12.4. The Morgan fingerprint density at radius 3 is 2.14 bits per heavy atom. The van der Waals surface area contributed by atoms with Gasteiger partial charge in [-0.15, -0.1) is 12.4 Å². The van der Waals surface area contributed by atoms with Crippen molar-refractivity contribution in [1.82, 2.24) is 5.32 Å². The van der Waals surface area contributed by atoms with Crippen LogP contribution in [-0.4, -0.2) is 18.2 Å². The first-order valence-electron chi connectivity index (χ1n) is 6.38. The lowest BCUT2D eigenvalue weighted by Crippen LogP contribution is -2.36. The smallest absolute Gasteiger partial charge is 0.416 e. The average Bonchev–Trinajstić information content (AvgIpc) is 2.33. The summed E-state index contributed by atoms with van der Waals surface area (Å²) in [7, 11) is 0. The largest absolute Gasteiger partial charge is 0.444 e. The number of carbonyl (C=O) groups is 1. The number of rotatable bonds is 3. The van der Waals surface area contributed by atoms with Crippen molar-refractivity contribution >= 4 is 18.5 Å². The summed E-state index contributed by atoms with van der Waals surface area (Å²) in [5.41, 5.74) is 4.95. The summed E-state index contributed by atoms with van der Waals surface area (Å²) in [6.45, 7) is 5.24. The van der Waals surface area contributed by atoms with Gasteiger partial charge >= 0.3 is 12.3 Å². The van der Waals surface area contributed by atoms with E-state index in [2.05, 4.69) is 5.32 Å². The number of amides is 1. The van der Waals surface area contributed by atoms with Crippen molar-refractivity contribution in [2.24, 2.45) is 5.73 Å². The summed E-state index contributed by atoms with van der Waals surface area (Å²) in [6.07, 6.45) is -5.00. The molecule has 0 aromatic heterocycles. The van der Waals surface area contributed by atoms with Gasteiger partial charge in [-0.25, -0.2) is 4.79 Å². The third-order valence-electron chi connectivity index (χ3n) is 2.53. The van der Waals surface area contributed by atoms with E-state index in [4.69, 9.17) is 10.5 Å². The molecule has 8 heteroatoms. The Morgan fingerprint density at radius 2 is 1.73 bits per heavy atom. The fourth-order valence-electron chi connectivity index (χ4n) is 1.54. The molecule has 4 nitrogen and oxygen atoms in total. The predicted molar refractivity (Wildman–Crippen MR) is 79.9 cm³/mol. The third-order valence-corrected chi connectivity index (χ3v) is 2.53. The molecule has 1 aromatic carbocycles. The quantitative estimate of drug-likeness (QED) is 0.882. The molecule has 22 heavy (non-hydrogen) atoms. The number of alkyl halides is 3. The molecule has 0 aliphatic rings. The van der Waals surface area contributed by atoms with Crippen LogP contribution < -0.4 is 11.1 Å². The van der Waals surface area contributed by atoms with Crippen LogP contribution in [0.1, 0.15) is 37.9 Å². The highest BCUT2D eigenvalue weighted by atomic mass is 35.5. The van der Waals surface area contributed by atoms with Gasteiger partial charge in [0.1, 0.15) is 5.60 Å². The molecule has 0 saturated heterocycles. The second kappa shape index (κ2) is 7.69. The number of alkyl carbamates (subject to hydrolysis) is 1. The van der Waals surface area contributed by atoms with Crippen molar-refractivity contribution in [3.8, 4) is 0 Å². The number of hydrogen-bond donors (Lipinski definition) is 2. The fourth-order valence-corrected chi connectivity index (χ4v) is 1.54. The summed E-state index contributed by atoms with van der Waals surface area (Å²) < 4.78 is 42.3. The van der Waals surface area contributed by atoms with E-state index in [9.17, 15) is 18.0 Å². The molecule has 1 aromatic rings. The van der Waals surface area contributed by atoms with Crippen LogP contribution in [0.25, 0.3) is 0 Å². The van der Waals surface area contributed by atoms with Gasteiger partial charge < -0.3 is 15.8 Å². The number of benzene rings is 1. The van der Waals surface area contributed by atoms with Crippen LogP contribution in [0.15, 0.2) is 24.3 Å². The second-order valence-electron chi connectivity index (χ2n) is 5.61. The van der Waals surface area contributed by atoms with Gasteiger partial charge in [0.2, 0.25) is 0 Å². The number of nitrogens with one attached hydrogen (secondary N) is 1. The minimum absolute atomic E-state index is 0. The molecule has 0 aliphatic heterocycles. The van der Waals surface area contributed by atoms with E-state index in [0.29, 0.717) is 5.56 Å². The molecule has 1 unspecified atom stereocenters. The van der Waals surface area contributed by atoms with Crippen LogP contribution in [0, 0.1) is 0 Å². The minimum atomic E-state index is -4.38. The van der Waals surface area contributed by atoms with Gasteiger partial charge in [-0.1, -0.05) is 12.1 Å². The molecular formula is C14H20ClF3N2O2. The lowest BCUT2D eigenvalue weighted by Gasteiger charge is -2.21. The summed E-state index contributed by atoms with van der Waals surface area (Å²) in [5, 5.41) is 2.47. The van der Waals surface area contributed by atoms with E-state index >= 15 is 0 Å². The Hall–Kier alpha value is -1.47. The molecule has 0 heterocycles. The fraction of sp³-hybridized carbons (Fsp3) is 0.500. The number of hydrogen-bond acceptors (Lipinski definition) is 3. The molecule has 1 rings (SSSR count). The topological polar surface area (TPSA) is 64.3 Å². The van der Waals surface area contributed by atoms with Gasteiger partial charge in [-0.3, -0.25) is 0 Å². The molecule has 0 saturated carbocycles. The van der Waals surface area contributed by atoms with Crippen molar-refractivity contribution in [3.05, 3.63) is 35.4 Å². The van der Waals surface area contributed by atoms with Gasteiger partial charge in [0.15, 0.2) is 0 Å². The standard InChI is InChI=1S/C14H19F3N2O2.ClH/c1-13(2,3)21-12(20)19-8-11(18)9-4-6-10(7-5-9)14(15,16)17;/h4-7,11H,8,18H2,1-3H3,(H,19,20);1H. The predicted octanol–water partition coefficient (Wildman–Crippen LogP) is 3.65. The van der Waals surface area contributed by atoms with Crippen molar-refractivity contribution in [3.63, 3.8) is 0 Å². The van der Waals surface area contributed by atoms with Crippen molar-refractivity contribution in [2.45, 2.75) is 38.6 Å².